The predicted octanol–water partition coefficient (Wildman–Crippen LogP) is 4.23. The van der Waals surface area contributed by atoms with Crippen molar-refractivity contribution in [3.05, 3.63) is 65.9 Å². The Kier molecular flexibility index (Phi) is 7.88. The molecule has 0 aliphatic carbocycles. The molecule has 1 aromatic heterocycles. The van der Waals surface area contributed by atoms with E-state index in [1.807, 2.05) is 48.7 Å². The summed E-state index contributed by atoms with van der Waals surface area (Å²) in [7, 11) is 0. The summed E-state index contributed by atoms with van der Waals surface area (Å²) >= 11 is 0. The highest BCUT2D eigenvalue weighted by Crippen LogP contribution is 2.29. The Labute approximate surface area is 182 Å². The topological polar surface area (TPSA) is 59.0 Å². The summed E-state index contributed by atoms with van der Waals surface area (Å²) in [6.45, 7) is 4.06. The normalized spacial score (nSPS) is 16.6. The first-order valence-electron chi connectivity index (χ1n) is 10.5. The van der Waals surface area contributed by atoms with Gasteiger partial charge in [0.1, 0.15) is 13.2 Å². The molecule has 0 saturated heterocycles. The van der Waals surface area contributed by atoms with E-state index in [0.29, 0.717) is 64.4 Å². The lowest BCUT2D eigenvalue weighted by molar-refractivity contribution is 0.00708. The van der Waals surface area contributed by atoms with Gasteiger partial charge in [0.25, 0.3) is 0 Å². The highest BCUT2D eigenvalue weighted by molar-refractivity contribution is 5.90. The minimum atomic E-state index is 0.440. The van der Waals surface area contributed by atoms with Gasteiger partial charge in [-0.25, -0.2) is 0 Å². The smallest absolute Gasteiger partial charge is 0.161 e. The number of rotatable bonds is 2. The second kappa shape index (κ2) is 11.5. The Morgan fingerprint density at radius 3 is 2.10 bits per heavy atom. The second-order valence-electron chi connectivity index (χ2n) is 6.99. The second-order valence-corrected chi connectivity index (χ2v) is 6.99. The van der Waals surface area contributed by atoms with Gasteiger partial charge in [-0.05, 0) is 35.4 Å². The van der Waals surface area contributed by atoms with Gasteiger partial charge >= 0.3 is 0 Å². The number of para-hydroxylation sites is 1. The number of ether oxygens (including phenoxy) is 5. The van der Waals surface area contributed by atoms with Gasteiger partial charge in [-0.1, -0.05) is 36.4 Å². The molecule has 0 unspecified atom stereocenters. The van der Waals surface area contributed by atoms with Gasteiger partial charge in [0.2, 0.25) is 0 Å². The van der Waals surface area contributed by atoms with Gasteiger partial charge in [0.15, 0.2) is 11.5 Å². The highest BCUT2D eigenvalue weighted by Gasteiger charge is 2.07. The summed E-state index contributed by atoms with van der Waals surface area (Å²) in [6, 6.07) is 16.1. The summed E-state index contributed by atoms with van der Waals surface area (Å²) in [4.78, 5) is 4.42. The number of hydrogen-bond acceptors (Lipinski definition) is 6. The molecule has 0 N–H and O–H groups in total. The maximum absolute atomic E-state index is 5.95. The molecular weight excluding hydrogens is 394 g/mol. The standard InChI is InChI=1S/C25H27NO5/c1-2-4-23-22(3-1)21(9-10-26-23)7-5-20-6-8-24-25(19-20)31-18-16-29-14-12-27-11-13-28-15-17-30-24/h1-10,19H,11-18H2/b7-5+. The minimum Gasteiger partial charge on any atom is -0.487 e. The lowest BCUT2D eigenvalue weighted by atomic mass is 10.1. The van der Waals surface area contributed by atoms with Crippen LogP contribution in [0.2, 0.25) is 0 Å². The zero-order valence-corrected chi connectivity index (χ0v) is 17.5. The molecule has 0 spiro atoms. The van der Waals surface area contributed by atoms with Crippen molar-refractivity contribution >= 4 is 23.1 Å². The first kappa shape index (κ1) is 21.3. The maximum Gasteiger partial charge on any atom is 0.161 e. The van der Waals surface area contributed by atoms with Crippen LogP contribution in [-0.2, 0) is 14.2 Å². The Bertz CT molecular complexity index is 999. The molecule has 0 saturated carbocycles. The van der Waals surface area contributed by atoms with E-state index >= 15 is 0 Å². The van der Waals surface area contributed by atoms with E-state index in [1.54, 1.807) is 0 Å². The van der Waals surface area contributed by atoms with Crippen LogP contribution in [0.1, 0.15) is 11.1 Å². The summed E-state index contributed by atoms with van der Waals surface area (Å²) in [5, 5.41) is 1.12. The van der Waals surface area contributed by atoms with Crippen LogP contribution in [0.5, 0.6) is 11.5 Å². The molecule has 4 rings (SSSR count). The predicted molar refractivity (Wildman–Crippen MR) is 121 cm³/mol. The van der Waals surface area contributed by atoms with E-state index in [-0.39, 0.29) is 0 Å². The first-order valence-corrected chi connectivity index (χ1v) is 10.5. The Morgan fingerprint density at radius 1 is 0.645 bits per heavy atom. The molecule has 1 aliphatic rings. The van der Waals surface area contributed by atoms with Crippen molar-refractivity contribution in [3.8, 4) is 11.5 Å². The third-order valence-electron chi connectivity index (χ3n) is 4.82. The third kappa shape index (κ3) is 6.28. The zero-order valence-electron chi connectivity index (χ0n) is 17.5. The van der Waals surface area contributed by atoms with Crippen molar-refractivity contribution in [2.24, 2.45) is 0 Å². The number of hydrogen-bond donors (Lipinski definition) is 0. The molecule has 2 aromatic carbocycles. The lowest BCUT2D eigenvalue weighted by Crippen LogP contribution is -2.13. The molecule has 31 heavy (non-hydrogen) atoms. The first-order chi connectivity index (χ1) is 15.4. The molecule has 3 aromatic rings. The van der Waals surface area contributed by atoms with Crippen molar-refractivity contribution in [3.63, 3.8) is 0 Å². The quantitative estimate of drug-likeness (QED) is 0.617. The Hall–Kier alpha value is -2.93. The zero-order chi connectivity index (χ0) is 21.1. The molecule has 0 amide bonds. The average Bonchev–Trinajstić information content (AvgIpc) is 2.82. The molecule has 2 heterocycles. The van der Waals surface area contributed by atoms with E-state index in [4.69, 9.17) is 23.7 Å². The number of pyridine rings is 1. The molecule has 0 bridgehead atoms. The number of nitrogens with zero attached hydrogens (tertiary/aromatic N) is 1. The van der Waals surface area contributed by atoms with Crippen molar-refractivity contribution in [1.29, 1.82) is 0 Å². The molecular formula is C25H27NO5. The van der Waals surface area contributed by atoms with E-state index in [2.05, 4.69) is 23.2 Å². The van der Waals surface area contributed by atoms with Gasteiger partial charge in [-0.15, -0.1) is 0 Å². The van der Waals surface area contributed by atoms with Crippen molar-refractivity contribution in [2.75, 3.05) is 52.9 Å². The van der Waals surface area contributed by atoms with Crippen LogP contribution in [0.3, 0.4) is 0 Å². The van der Waals surface area contributed by atoms with Gasteiger partial charge in [-0.3, -0.25) is 4.98 Å². The van der Waals surface area contributed by atoms with Gasteiger partial charge in [0.05, 0.1) is 45.2 Å². The van der Waals surface area contributed by atoms with Crippen molar-refractivity contribution < 1.29 is 23.7 Å². The maximum atomic E-state index is 5.95. The molecule has 1 aliphatic heterocycles. The SMILES string of the molecule is C(=C\c1ccnc2ccccc12)/c1ccc2c(c1)OCCOCCOCCOCCO2. The van der Waals surface area contributed by atoms with E-state index < -0.39 is 0 Å². The average molecular weight is 421 g/mol. The van der Waals surface area contributed by atoms with E-state index in [0.717, 1.165) is 22.0 Å². The fourth-order valence-corrected chi connectivity index (χ4v) is 3.27. The molecule has 162 valence electrons. The minimum absolute atomic E-state index is 0.440. The molecule has 0 radical (unpaired) electrons. The molecule has 0 atom stereocenters. The Morgan fingerprint density at radius 2 is 1.32 bits per heavy atom. The summed E-state index contributed by atoms with van der Waals surface area (Å²) < 4.78 is 28.3. The molecule has 0 fully saturated rings. The molecule has 6 nitrogen and oxygen atoms in total. The van der Waals surface area contributed by atoms with Crippen LogP contribution in [0.15, 0.2) is 54.7 Å². The van der Waals surface area contributed by atoms with E-state index in [1.165, 1.54) is 0 Å². The van der Waals surface area contributed by atoms with Crippen LogP contribution in [0, 0.1) is 0 Å². The third-order valence-corrected chi connectivity index (χ3v) is 4.82. The van der Waals surface area contributed by atoms with E-state index in [9.17, 15) is 0 Å². The number of aromatic nitrogens is 1. The summed E-state index contributed by atoms with van der Waals surface area (Å²) in [5.41, 5.74) is 3.12. The van der Waals surface area contributed by atoms with Gasteiger partial charge in [-0.2, -0.15) is 0 Å². The van der Waals surface area contributed by atoms with Crippen LogP contribution in [-0.4, -0.2) is 57.8 Å². The van der Waals surface area contributed by atoms with Crippen LogP contribution >= 0.6 is 0 Å². The summed E-state index contributed by atoms with van der Waals surface area (Å²) in [6.07, 6.45) is 5.99. The van der Waals surface area contributed by atoms with Crippen molar-refractivity contribution in [1.82, 2.24) is 4.98 Å². The molecule has 6 heteroatoms. The highest BCUT2D eigenvalue weighted by atomic mass is 16.6. The number of fused-ring (bicyclic) bond motifs is 2. The van der Waals surface area contributed by atoms with Crippen LogP contribution in [0.4, 0.5) is 0 Å². The fourth-order valence-electron chi connectivity index (χ4n) is 3.27. The van der Waals surface area contributed by atoms with Crippen molar-refractivity contribution in [2.45, 2.75) is 0 Å². The Balaban J connectivity index is 1.50. The van der Waals surface area contributed by atoms with Gasteiger partial charge < -0.3 is 23.7 Å². The number of benzene rings is 2. The lowest BCUT2D eigenvalue weighted by Gasteiger charge is -2.13. The largest absolute Gasteiger partial charge is 0.487 e. The fraction of sp³-hybridized carbons (Fsp3) is 0.320. The monoisotopic (exact) mass is 421 g/mol. The van der Waals surface area contributed by atoms with Crippen LogP contribution < -0.4 is 9.47 Å². The van der Waals surface area contributed by atoms with Crippen LogP contribution in [0.25, 0.3) is 23.1 Å². The van der Waals surface area contributed by atoms with Gasteiger partial charge in [0, 0.05) is 11.6 Å². The summed E-state index contributed by atoms with van der Waals surface area (Å²) in [5.74, 6) is 1.39.